The Balaban J connectivity index is 2.42. The van der Waals surface area contributed by atoms with Gasteiger partial charge in [0.25, 0.3) is 0 Å². The van der Waals surface area contributed by atoms with Crippen LogP contribution in [0.5, 0.6) is 5.75 Å². The third-order valence-electron chi connectivity index (χ3n) is 3.74. The van der Waals surface area contributed by atoms with Crippen molar-refractivity contribution in [3.8, 4) is 5.75 Å². The van der Waals surface area contributed by atoms with Crippen molar-refractivity contribution in [3.63, 3.8) is 0 Å². The molecule has 7 heteroatoms. The van der Waals surface area contributed by atoms with E-state index < -0.39 is 10.0 Å². The van der Waals surface area contributed by atoms with Gasteiger partial charge in [-0.15, -0.1) is 0 Å². The van der Waals surface area contributed by atoms with E-state index in [2.05, 4.69) is 0 Å². The molecule has 2 aromatic rings. The van der Waals surface area contributed by atoms with Gasteiger partial charge in [-0.25, -0.2) is 8.42 Å². The normalized spacial score (nSPS) is 11.8. The van der Waals surface area contributed by atoms with E-state index in [1.807, 2.05) is 13.0 Å². The van der Waals surface area contributed by atoms with Crippen LogP contribution in [0.25, 0.3) is 0 Å². The summed E-state index contributed by atoms with van der Waals surface area (Å²) in [6.45, 7) is 2.73. The van der Waals surface area contributed by atoms with Crippen LogP contribution < -0.4 is 4.74 Å². The summed E-state index contributed by atoms with van der Waals surface area (Å²) >= 11 is 0. The maximum Gasteiger partial charge on any atom is 0.247 e. The highest BCUT2D eigenvalue weighted by atomic mass is 32.2. The third kappa shape index (κ3) is 4.17. The third-order valence-corrected chi connectivity index (χ3v) is 5.60. The molecule has 0 unspecified atom stereocenters. The topological polar surface area (TPSA) is 69.0 Å². The smallest absolute Gasteiger partial charge is 0.247 e. The summed E-state index contributed by atoms with van der Waals surface area (Å²) in [4.78, 5) is 0.170. The second-order valence-electron chi connectivity index (χ2n) is 5.30. The average Bonchev–Trinajstić information content (AvgIpc) is 3.10. The van der Waals surface area contributed by atoms with E-state index >= 15 is 0 Å². The maximum atomic E-state index is 13.2. The number of hydrogen-bond acceptors (Lipinski definition) is 5. The summed E-state index contributed by atoms with van der Waals surface area (Å²) in [7, 11) is -0.728. The summed E-state index contributed by atoms with van der Waals surface area (Å²) < 4.78 is 43.1. The lowest BCUT2D eigenvalue weighted by Gasteiger charge is -2.23. The van der Waals surface area contributed by atoms with Gasteiger partial charge in [-0.1, -0.05) is 13.0 Å². The van der Waals surface area contributed by atoms with Crippen molar-refractivity contribution < 1.29 is 22.3 Å². The highest BCUT2D eigenvalue weighted by Crippen LogP contribution is 2.29. The zero-order valence-electron chi connectivity index (χ0n) is 14.2. The van der Waals surface area contributed by atoms with Gasteiger partial charge >= 0.3 is 0 Å². The predicted molar refractivity (Wildman–Crippen MR) is 90.6 cm³/mol. The molecule has 132 valence electrons. The lowest BCUT2D eigenvalue weighted by atomic mass is 10.2. The molecular weight excluding hydrogens is 330 g/mol. The van der Waals surface area contributed by atoms with Crippen molar-refractivity contribution in [2.24, 2.45) is 0 Å². The first-order chi connectivity index (χ1) is 11.5. The largest absolute Gasteiger partial charge is 0.495 e. The van der Waals surface area contributed by atoms with Crippen LogP contribution in [0.2, 0.25) is 0 Å². The lowest BCUT2D eigenvalue weighted by molar-refractivity contribution is 0.177. The van der Waals surface area contributed by atoms with Crippen LogP contribution in [-0.2, 0) is 27.7 Å². The molecule has 1 heterocycles. The van der Waals surface area contributed by atoms with Crippen LogP contribution in [-0.4, -0.2) is 40.1 Å². The van der Waals surface area contributed by atoms with Gasteiger partial charge in [-0.2, -0.15) is 4.31 Å². The van der Waals surface area contributed by atoms with Gasteiger partial charge in [-0.3, -0.25) is 0 Å². The van der Waals surface area contributed by atoms with Gasteiger partial charge in [0.15, 0.2) is 0 Å². The van der Waals surface area contributed by atoms with E-state index in [1.54, 1.807) is 25.3 Å². The van der Waals surface area contributed by atoms with Gasteiger partial charge in [-0.05, 0) is 30.2 Å². The lowest BCUT2D eigenvalue weighted by Crippen LogP contribution is -2.33. The number of furan rings is 1. The molecule has 0 aliphatic heterocycles. The molecule has 0 N–H and O–H groups in total. The summed E-state index contributed by atoms with van der Waals surface area (Å²) in [6.07, 6.45) is 3.80. The average molecular weight is 353 g/mol. The molecule has 0 amide bonds. The van der Waals surface area contributed by atoms with E-state index in [0.717, 1.165) is 17.5 Å². The molecule has 0 saturated carbocycles. The van der Waals surface area contributed by atoms with Crippen molar-refractivity contribution in [3.05, 3.63) is 47.9 Å². The molecule has 2 rings (SSSR count). The Bertz CT molecular complexity index is 740. The second-order valence-corrected chi connectivity index (χ2v) is 7.21. The van der Waals surface area contributed by atoms with E-state index in [9.17, 15) is 8.42 Å². The molecule has 0 bridgehead atoms. The number of ether oxygens (including phenoxy) is 2. The van der Waals surface area contributed by atoms with Crippen LogP contribution in [0.4, 0.5) is 0 Å². The highest BCUT2D eigenvalue weighted by molar-refractivity contribution is 7.89. The fourth-order valence-corrected chi connectivity index (χ4v) is 3.96. The summed E-state index contributed by atoms with van der Waals surface area (Å²) in [6, 6.07) is 6.98. The van der Waals surface area contributed by atoms with Crippen molar-refractivity contribution >= 4 is 10.0 Å². The Morgan fingerprint density at radius 2 is 1.96 bits per heavy atom. The first kappa shape index (κ1) is 18.5. The summed E-state index contributed by atoms with van der Waals surface area (Å²) in [5.41, 5.74) is 1.71. The molecule has 1 aromatic heterocycles. The van der Waals surface area contributed by atoms with E-state index in [1.165, 1.54) is 23.9 Å². The number of rotatable bonds is 9. The minimum Gasteiger partial charge on any atom is -0.495 e. The highest BCUT2D eigenvalue weighted by Gasteiger charge is 2.28. The number of sulfonamides is 1. The van der Waals surface area contributed by atoms with E-state index in [4.69, 9.17) is 13.9 Å². The zero-order valence-corrected chi connectivity index (χ0v) is 15.0. The number of aryl methyl sites for hydroxylation is 1. The molecule has 0 radical (unpaired) electrons. The van der Waals surface area contributed by atoms with E-state index in [0.29, 0.717) is 12.4 Å². The van der Waals surface area contributed by atoms with Crippen molar-refractivity contribution in [2.45, 2.75) is 24.8 Å². The summed E-state index contributed by atoms with van der Waals surface area (Å²) in [5.74, 6) is 0.335. The molecule has 0 aliphatic carbocycles. The molecule has 0 spiro atoms. The van der Waals surface area contributed by atoms with Gasteiger partial charge < -0.3 is 13.9 Å². The van der Waals surface area contributed by atoms with Crippen LogP contribution in [0.3, 0.4) is 0 Å². The molecule has 0 saturated heterocycles. The Kier molecular flexibility index (Phi) is 6.42. The second kappa shape index (κ2) is 8.32. The number of hydrogen-bond donors (Lipinski definition) is 0. The molecule has 0 atom stereocenters. The van der Waals surface area contributed by atoms with Gasteiger partial charge in [0.1, 0.15) is 10.6 Å². The maximum absolute atomic E-state index is 13.2. The predicted octanol–water partition coefficient (Wildman–Crippen LogP) is 2.69. The van der Waals surface area contributed by atoms with Crippen LogP contribution in [0.15, 0.2) is 46.1 Å². The molecule has 24 heavy (non-hydrogen) atoms. The van der Waals surface area contributed by atoms with Crippen molar-refractivity contribution in [1.29, 1.82) is 0 Å². The number of benzene rings is 1. The van der Waals surface area contributed by atoms with Gasteiger partial charge in [0.2, 0.25) is 10.0 Å². The van der Waals surface area contributed by atoms with Crippen LogP contribution >= 0.6 is 0 Å². The molecule has 6 nitrogen and oxygen atoms in total. The van der Waals surface area contributed by atoms with Crippen molar-refractivity contribution in [2.75, 3.05) is 27.4 Å². The zero-order chi connectivity index (χ0) is 17.6. The fraction of sp³-hybridized carbons (Fsp3) is 0.412. The first-order valence-corrected chi connectivity index (χ1v) is 9.14. The van der Waals surface area contributed by atoms with Gasteiger partial charge in [0, 0.05) is 25.8 Å². The monoisotopic (exact) mass is 353 g/mol. The number of methoxy groups -OCH3 is 2. The molecule has 0 aliphatic rings. The standard InChI is InChI=1S/C17H23NO5S/c1-4-14-5-6-16(22-3)17(11-14)24(19,20)18(8-10-21-2)12-15-7-9-23-13-15/h5-7,9,11,13H,4,8,10,12H2,1-3H3. The molecular formula is C17H23NO5S. The SMILES string of the molecule is CCc1ccc(OC)c(S(=O)(=O)N(CCOC)Cc2ccoc2)c1. The van der Waals surface area contributed by atoms with Crippen LogP contribution in [0, 0.1) is 0 Å². The number of nitrogens with zero attached hydrogens (tertiary/aromatic N) is 1. The Hall–Kier alpha value is -1.83. The first-order valence-electron chi connectivity index (χ1n) is 7.70. The van der Waals surface area contributed by atoms with Crippen LogP contribution in [0.1, 0.15) is 18.1 Å². The minimum atomic E-state index is -3.74. The summed E-state index contributed by atoms with van der Waals surface area (Å²) in [5, 5.41) is 0. The molecule has 1 aromatic carbocycles. The molecule has 0 fully saturated rings. The van der Waals surface area contributed by atoms with Crippen molar-refractivity contribution in [1.82, 2.24) is 4.31 Å². The van der Waals surface area contributed by atoms with E-state index in [-0.39, 0.29) is 18.0 Å². The Labute approximate surface area is 143 Å². The minimum absolute atomic E-state index is 0.170. The Morgan fingerprint density at radius 1 is 1.17 bits per heavy atom. The Morgan fingerprint density at radius 3 is 2.54 bits per heavy atom. The quantitative estimate of drug-likeness (QED) is 0.693. The fourth-order valence-electron chi connectivity index (χ4n) is 2.35. The van der Waals surface area contributed by atoms with Gasteiger partial charge in [0.05, 0.1) is 26.2 Å².